The number of nitrogens with two attached hydrogens (primary N) is 1. The van der Waals surface area contributed by atoms with Gasteiger partial charge < -0.3 is 10.0 Å². The normalized spacial score (nSPS) is 21.1. The van der Waals surface area contributed by atoms with E-state index in [4.69, 9.17) is 5.84 Å². The van der Waals surface area contributed by atoms with Gasteiger partial charge in [-0.25, -0.2) is 9.80 Å². The molecule has 0 aromatic carbocycles. The van der Waals surface area contributed by atoms with Gasteiger partial charge in [0, 0.05) is 31.1 Å². The fourth-order valence-electron chi connectivity index (χ4n) is 3.37. The number of carbonyl (C=O) groups excluding carboxylic acids is 1. The molecule has 23 heavy (non-hydrogen) atoms. The second kappa shape index (κ2) is 5.89. The number of hydrogen-bond donors (Lipinski definition) is 2. The quantitative estimate of drug-likeness (QED) is 0.800. The average molecular weight is 337 g/mol. The summed E-state index contributed by atoms with van der Waals surface area (Å²) < 4.78 is 0. The van der Waals surface area contributed by atoms with Crippen LogP contribution in [0, 0.1) is 5.41 Å². The van der Waals surface area contributed by atoms with E-state index in [9.17, 15) is 14.7 Å². The van der Waals surface area contributed by atoms with E-state index < -0.39 is 5.97 Å². The number of hydrogen-bond acceptors (Lipinski definition) is 5. The van der Waals surface area contributed by atoms with Crippen molar-refractivity contribution in [1.82, 2.24) is 9.91 Å². The SMILES string of the molecule is CC1(C)CCc2sc(C(=O)N3CCN(N)CC3)c(C(=O)O)c2C1. The van der Waals surface area contributed by atoms with Crippen LogP contribution < -0.4 is 5.84 Å². The van der Waals surface area contributed by atoms with Gasteiger partial charge >= 0.3 is 5.97 Å². The van der Waals surface area contributed by atoms with E-state index in [1.807, 2.05) is 0 Å². The molecule has 3 rings (SSSR count). The van der Waals surface area contributed by atoms with E-state index in [2.05, 4.69) is 13.8 Å². The minimum Gasteiger partial charge on any atom is -0.478 e. The molecule has 0 saturated carbocycles. The number of rotatable bonds is 2. The Hall–Kier alpha value is -1.44. The summed E-state index contributed by atoms with van der Waals surface area (Å²) in [5.41, 5.74) is 1.20. The molecule has 0 spiro atoms. The monoisotopic (exact) mass is 337 g/mol. The zero-order valence-corrected chi connectivity index (χ0v) is 14.4. The molecule has 1 amide bonds. The zero-order chi connectivity index (χ0) is 16.8. The first-order chi connectivity index (χ1) is 10.8. The number of carboxylic acids is 1. The van der Waals surface area contributed by atoms with Crippen molar-refractivity contribution >= 4 is 23.2 Å². The Kier molecular flexibility index (Phi) is 4.20. The number of aryl methyl sites for hydroxylation is 1. The molecule has 6 nitrogen and oxygen atoms in total. The molecule has 126 valence electrons. The Morgan fingerprint density at radius 2 is 1.87 bits per heavy atom. The lowest BCUT2D eigenvalue weighted by molar-refractivity contribution is 0.0620. The third-order valence-corrected chi connectivity index (χ3v) is 6.06. The smallest absolute Gasteiger partial charge is 0.337 e. The molecule has 1 aliphatic carbocycles. The number of carbonyl (C=O) groups is 2. The summed E-state index contributed by atoms with van der Waals surface area (Å²) in [5.74, 6) is 4.58. The Labute approximate surface area is 139 Å². The van der Waals surface area contributed by atoms with Gasteiger partial charge in [0.25, 0.3) is 5.91 Å². The number of piperazine rings is 1. The van der Waals surface area contributed by atoms with Crippen molar-refractivity contribution in [2.24, 2.45) is 11.3 Å². The molecular formula is C16H23N3O3S. The van der Waals surface area contributed by atoms with Gasteiger partial charge in [0.2, 0.25) is 0 Å². The van der Waals surface area contributed by atoms with Crippen molar-refractivity contribution in [3.05, 3.63) is 20.9 Å². The van der Waals surface area contributed by atoms with E-state index in [0.717, 1.165) is 29.7 Å². The first-order valence-electron chi connectivity index (χ1n) is 7.95. The van der Waals surface area contributed by atoms with Crippen LogP contribution in [-0.4, -0.2) is 53.1 Å². The third kappa shape index (κ3) is 3.13. The molecule has 0 unspecified atom stereocenters. The minimum atomic E-state index is -0.985. The third-order valence-electron chi connectivity index (χ3n) is 4.78. The molecular weight excluding hydrogens is 314 g/mol. The van der Waals surface area contributed by atoms with Crippen molar-refractivity contribution < 1.29 is 14.7 Å². The highest BCUT2D eigenvalue weighted by molar-refractivity contribution is 7.14. The summed E-state index contributed by atoms with van der Waals surface area (Å²) in [6.45, 7) is 6.63. The number of fused-ring (bicyclic) bond motifs is 1. The van der Waals surface area contributed by atoms with Crippen LogP contribution in [0.5, 0.6) is 0 Å². The van der Waals surface area contributed by atoms with Crippen LogP contribution in [0.4, 0.5) is 0 Å². The number of nitrogens with zero attached hydrogens (tertiary/aromatic N) is 2. The highest BCUT2D eigenvalue weighted by Gasteiger charge is 2.35. The van der Waals surface area contributed by atoms with Gasteiger partial charge in [0.05, 0.1) is 5.56 Å². The fraction of sp³-hybridized carbons (Fsp3) is 0.625. The lowest BCUT2D eigenvalue weighted by atomic mass is 9.76. The van der Waals surface area contributed by atoms with E-state index in [1.54, 1.807) is 9.91 Å². The zero-order valence-electron chi connectivity index (χ0n) is 13.6. The second-order valence-corrected chi connectivity index (χ2v) is 8.29. The van der Waals surface area contributed by atoms with Gasteiger partial charge in [-0.05, 0) is 30.2 Å². The highest BCUT2D eigenvalue weighted by Crippen LogP contribution is 2.42. The Morgan fingerprint density at radius 3 is 2.48 bits per heavy atom. The van der Waals surface area contributed by atoms with Crippen LogP contribution in [0.2, 0.25) is 0 Å². The average Bonchev–Trinajstić information content (AvgIpc) is 2.84. The van der Waals surface area contributed by atoms with E-state index in [1.165, 1.54) is 11.3 Å². The Morgan fingerprint density at radius 1 is 1.22 bits per heavy atom. The van der Waals surface area contributed by atoms with Crippen LogP contribution in [0.25, 0.3) is 0 Å². The first-order valence-corrected chi connectivity index (χ1v) is 8.77. The maximum Gasteiger partial charge on any atom is 0.337 e. The highest BCUT2D eigenvalue weighted by atomic mass is 32.1. The fourth-order valence-corrected chi connectivity index (χ4v) is 4.64. The second-order valence-electron chi connectivity index (χ2n) is 7.18. The van der Waals surface area contributed by atoms with Crippen molar-refractivity contribution in [3.63, 3.8) is 0 Å². The summed E-state index contributed by atoms with van der Waals surface area (Å²) in [4.78, 5) is 27.8. The van der Waals surface area contributed by atoms with Crippen LogP contribution in [0.3, 0.4) is 0 Å². The summed E-state index contributed by atoms with van der Waals surface area (Å²) in [6, 6.07) is 0. The molecule has 3 N–H and O–H groups in total. The minimum absolute atomic E-state index is 0.0871. The summed E-state index contributed by atoms with van der Waals surface area (Å²) in [7, 11) is 0. The molecule has 1 saturated heterocycles. The summed E-state index contributed by atoms with van der Waals surface area (Å²) in [5, 5.41) is 11.4. The van der Waals surface area contributed by atoms with E-state index in [-0.39, 0.29) is 16.9 Å². The van der Waals surface area contributed by atoms with E-state index >= 15 is 0 Å². The van der Waals surface area contributed by atoms with E-state index in [0.29, 0.717) is 31.1 Å². The molecule has 1 aliphatic heterocycles. The largest absolute Gasteiger partial charge is 0.478 e. The molecule has 0 bridgehead atoms. The van der Waals surface area contributed by atoms with Crippen molar-refractivity contribution in [2.75, 3.05) is 26.2 Å². The van der Waals surface area contributed by atoms with Gasteiger partial charge in [-0.1, -0.05) is 13.8 Å². The Bertz CT molecular complexity index is 645. The number of carboxylic acid groups (broad SMARTS) is 1. The van der Waals surface area contributed by atoms with Crippen LogP contribution in [0.15, 0.2) is 0 Å². The molecule has 0 radical (unpaired) electrons. The molecule has 2 aliphatic rings. The number of hydrazine groups is 1. The topological polar surface area (TPSA) is 86.9 Å². The standard InChI is InChI=1S/C16H23N3O3S/c1-16(2)4-3-11-10(9-16)12(15(21)22)13(23-11)14(20)18-5-7-19(17)8-6-18/h3-9,17H2,1-2H3,(H,21,22). The number of aromatic carboxylic acids is 1. The lowest BCUT2D eigenvalue weighted by Crippen LogP contribution is -2.51. The van der Waals surface area contributed by atoms with Gasteiger partial charge in [-0.2, -0.15) is 0 Å². The maximum absolute atomic E-state index is 12.8. The predicted molar refractivity (Wildman–Crippen MR) is 88.7 cm³/mol. The Balaban J connectivity index is 1.95. The lowest BCUT2D eigenvalue weighted by Gasteiger charge is -2.31. The number of amides is 1. The predicted octanol–water partition coefficient (Wildman–Crippen LogP) is 1.59. The summed E-state index contributed by atoms with van der Waals surface area (Å²) >= 11 is 1.38. The van der Waals surface area contributed by atoms with Gasteiger partial charge in [0.15, 0.2) is 0 Å². The number of thiophene rings is 1. The molecule has 7 heteroatoms. The molecule has 1 fully saturated rings. The first kappa shape index (κ1) is 16.4. The molecule has 2 heterocycles. The molecule has 1 aromatic rings. The van der Waals surface area contributed by atoms with Crippen molar-refractivity contribution in [2.45, 2.75) is 33.1 Å². The maximum atomic E-state index is 12.8. The van der Waals surface area contributed by atoms with Crippen molar-refractivity contribution in [3.8, 4) is 0 Å². The molecule has 1 aromatic heterocycles. The van der Waals surface area contributed by atoms with Gasteiger partial charge in [-0.3, -0.25) is 10.6 Å². The van der Waals surface area contributed by atoms with Crippen molar-refractivity contribution in [1.29, 1.82) is 0 Å². The van der Waals surface area contributed by atoms with Crippen LogP contribution in [0.1, 0.15) is 50.7 Å². The van der Waals surface area contributed by atoms with Crippen LogP contribution in [-0.2, 0) is 12.8 Å². The van der Waals surface area contributed by atoms with Gasteiger partial charge in [0.1, 0.15) is 4.88 Å². The summed E-state index contributed by atoms with van der Waals surface area (Å²) in [6.07, 6.45) is 2.61. The van der Waals surface area contributed by atoms with Gasteiger partial charge in [-0.15, -0.1) is 11.3 Å². The van der Waals surface area contributed by atoms with Crippen LogP contribution >= 0.6 is 11.3 Å². The molecule has 0 atom stereocenters.